The highest BCUT2D eigenvalue weighted by molar-refractivity contribution is 6.05. The first-order chi connectivity index (χ1) is 12.4. The van der Waals surface area contributed by atoms with Gasteiger partial charge in [-0.15, -0.1) is 0 Å². The normalized spacial score (nSPS) is 16.8. The van der Waals surface area contributed by atoms with Crippen molar-refractivity contribution in [2.75, 3.05) is 34.3 Å². The molecule has 1 saturated heterocycles. The maximum absolute atomic E-state index is 12.4. The third kappa shape index (κ3) is 5.45. The van der Waals surface area contributed by atoms with Crippen LogP contribution in [-0.2, 0) is 16.1 Å². The molecule has 1 aromatic carbocycles. The molecule has 8 heteroatoms. The van der Waals surface area contributed by atoms with Gasteiger partial charge in [0.2, 0.25) is 5.91 Å². The fourth-order valence-electron chi connectivity index (χ4n) is 2.66. The monoisotopic (exact) mass is 362 g/mol. The molecule has 1 fully saturated rings. The Hall–Kier alpha value is -2.61. The number of amides is 4. The average molecular weight is 362 g/mol. The Labute approximate surface area is 153 Å². The lowest BCUT2D eigenvalue weighted by Gasteiger charge is -2.13. The number of hydrogen-bond acceptors (Lipinski definition) is 5. The van der Waals surface area contributed by atoms with Crippen LogP contribution in [-0.4, -0.2) is 68.0 Å². The van der Waals surface area contributed by atoms with Crippen molar-refractivity contribution in [2.24, 2.45) is 0 Å². The Bertz CT molecular complexity index is 645. The van der Waals surface area contributed by atoms with E-state index in [1.54, 1.807) is 31.4 Å². The zero-order chi connectivity index (χ0) is 19.1. The standard InChI is InChI=1S/C18H26N4O4/c1-21(2)10-4-9-19-16(23)11-15-17(24)22(18(25)20-15)12-13-5-7-14(26-3)8-6-13/h5-8,15H,4,9-12H2,1-3H3,(H,19,23)(H,20,25)/t15-/m0/s1. The minimum atomic E-state index is -0.811. The molecule has 0 radical (unpaired) electrons. The molecule has 0 unspecified atom stereocenters. The Kier molecular flexibility index (Phi) is 6.97. The molecule has 26 heavy (non-hydrogen) atoms. The maximum atomic E-state index is 12.4. The van der Waals surface area contributed by atoms with Crippen molar-refractivity contribution in [1.82, 2.24) is 20.4 Å². The van der Waals surface area contributed by atoms with Crippen LogP contribution in [0.2, 0.25) is 0 Å². The summed E-state index contributed by atoms with van der Waals surface area (Å²) in [6, 6.07) is 5.85. The maximum Gasteiger partial charge on any atom is 0.325 e. The molecule has 0 aliphatic carbocycles. The van der Waals surface area contributed by atoms with E-state index in [2.05, 4.69) is 10.6 Å². The minimum absolute atomic E-state index is 0.0500. The topological polar surface area (TPSA) is 91.0 Å². The van der Waals surface area contributed by atoms with E-state index in [0.29, 0.717) is 12.3 Å². The van der Waals surface area contributed by atoms with Crippen LogP contribution in [0.25, 0.3) is 0 Å². The van der Waals surface area contributed by atoms with E-state index in [1.807, 2.05) is 19.0 Å². The number of ether oxygens (including phenoxy) is 1. The van der Waals surface area contributed by atoms with E-state index in [0.717, 1.165) is 23.4 Å². The molecule has 2 rings (SSSR count). The van der Waals surface area contributed by atoms with Crippen LogP contribution in [0.15, 0.2) is 24.3 Å². The van der Waals surface area contributed by atoms with Crippen molar-refractivity contribution < 1.29 is 19.1 Å². The molecule has 8 nitrogen and oxygen atoms in total. The second-order valence-corrected chi connectivity index (χ2v) is 6.49. The summed E-state index contributed by atoms with van der Waals surface area (Å²) in [4.78, 5) is 39.6. The number of nitrogens with one attached hydrogen (secondary N) is 2. The number of imide groups is 1. The number of rotatable bonds is 9. The summed E-state index contributed by atoms with van der Waals surface area (Å²) in [5.41, 5.74) is 0.808. The highest BCUT2D eigenvalue weighted by Gasteiger charge is 2.38. The van der Waals surface area contributed by atoms with Crippen LogP contribution in [0.5, 0.6) is 5.75 Å². The number of hydrogen-bond donors (Lipinski definition) is 2. The zero-order valence-corrected chi connectivity index (χ0v) is 15.4. The number of urea groups is 1. The summed E-state index contributed by atoms with van der Waals surface area (Å²) in [5.74, 6) is 0.0812. The first-order valence-electron chi connectivity index (χ1n) is 8.57. The summed E-state index contributed by atoms with van der Waals surface area (Å²) < 4.78 is 5.09. The van der Waals surface area contributed by atoms with Crippen molar-refractivity contribution in [3.8, 4) is 5.75 Å². The number of carbonyl (C=O) groups is 3. The Morgan fingerprint density at radius 1 is 1.27 bits per heavy atom. The number of benzene rings is 1. The van der Waals surface area contributed by atoms with E-state index in [4.69, 9.17) is 4.74 Å². The van der Waals surface area contributed by atoms with E-state index in [1.165, 1.54) is 0 Å². The van der Waals surface area contributed by atoms with Crippen LogP contribution in [0.4, 0.5) is 4.79 Å². The van der Waals surface area contributed by atoms with Crippen LogP contribution in [0, 0.1) is 0 Å². The van der Waals surface area contributed by atoms with Gasteiger partial charge in [-0.05, 0) is 44.8 Å². The Morgan fingerprint density at radius 3 is 2.58 bits per heavy atom. The lowest BCUT2D eigenvalue weighted by atomic mass is 10.1. The number of methoxy groups -OCH3 is 1. The van der Waals surface area contributed by atoms with Gasteiger partial charge < -0.3 is 20.3 Å². The first-order valence-corrected chi connectivity index (χ1v) is 8.57. The van der Waals surface area contributed by atoms with Crippen molar-refractivity contribution in [1.29, 1.82) is 0 Å². The van der Waals surface area contributed by atoms with Crippen molar-refractivity contribution in [2.45, 2.75) is 25.4 Å². The van der Waals surface area contributed by atoms with Crippen LogP contribution in [0.3, 0.4) is 0 Å². The zero-order valence-electron chi connectivity index (χ0n) is 15.4. The van der Waals surface area contributed by atoms with Gasteiger partial charge in [0.15, 0.2) is 0 Å². The molecule has 4 amide bonds. The highest BCUT2D eigenvalue weighted by Crippen LogP contribution is 2.17. The van der Waals surface area contributed by atoms with Gasteiger partial charge in [0.1, 0.15) is 11.8 Å². The molecule has 1 atom stereocenters. The minimum Gasteiger partial charge on any atom is -0.497 e. The molecular weight excluding hydrogens is 336 g/mol. The molecule has 1 aromatic rings. The van der Waals surface area contributed by atoms with Gasteiger partial charge >= 0.3 is 6.03 Å². The molecule has 1 aliphatic heterocycles. The lowest BCUT2D eigenvalue weighted by Crippen LogP contribution is -2.37. The van der Waals surface area contributed by atoms with E-state index in [-0.39, 0.29) is 24.8 Å². The summed E-state index contributed by atoms with van der Waals surface area (Å²) >= 11 is 0. The number of nitrogens with zero attached hydrogens (tertiary/aromatic N) is 2. The average Bonchev–Trinajstić information content (AvgIpc) is 2.86. The largest absolute Gasteiger partial charge is 0.497 e. The van der Waals surface area contributed by atoms with Gasteiger partial charge in [0.25, 0.3) is 5.91 Å². The van der Waals surface area contributed by atoms with Gasteiger partial charge in [-0.1, -0.05) is 12.1 Å². The second-order valence-electron chi connectivity index (χ2n) is 6.49. The molecule has 142 valence electrons. The Morgan fingerprint density at radius 2 is 1.96 bits per heavy atom. The predicted octanol–water partition coefficient (Wildman–Crippen LogP) is 0.574. The third-order valence-corrected chi connectivity index (χ3v) is 4.10. The summed E-state index contributed by atoms with van der Waals surface area (Å²) in [6.07, 6.45) is 0.777. The first kappa shape index (κ1) is 19.7. The lowest BCUT2D eigenvalue weighted by molar-refractivity contribution is -0.131. The molecule has 1 heterocycles. The van der Waals surface area contributed by atoms with Crippen molar-refractivity contribution >= 4 is 17.8 Å². The molecule has 0 saturated carbocycles. The van der Waals surface area contributed by atoms with Gasteiger partial charge in [0.05, 0.1) is 20.1 Å². The molecular formula is C18H26N4O4. The van der Waals surface area contributed by atoms with Crippen molar-refractivity contribution in [3.05, 3.63) is 29.8 Å². The second kappa shape index (κ2) is 9.19. The third-order valence-electron chi connectivity index (χ3n) is 4.10. The predicted molar refractivity (Wildman–Crippen MR) is 96.7 cm³/mol. The SMILES string of the molecule is COc1ccc(CN2C(=O)N[C@@H](CC(=O)NCCCN(C)C)C2=O)cc1. The molecule has 0 spiro atoms. The van der Waals surface area contributed by atoms with Crippen molar-refractivity contribution in [3.63, 3.8) is 0 Å². The molecule has 0 bridgehead atoms. The van der Waals surface area contributed by atoms with Gasteiger partial charge in [-0.2, -0.15) is 0 Å². The Balaban J connectivity index is 1.84. The molecule has 1 aliphatic rings. The summed E-state index contributed by atoms with van der Waals surface area (Å²) in [7, 11) is 5.50. The van der Waals surface area contributed by atoms with Gasteiger partial charge in [-0.3, -0.25) is 14.5 Å². The highest BCUT2D eigenvalue weighted by atomic mass is 16.5. The van der Waals surface area contributed by atoms with Gasteiger partial charge in [0, 0.05) is 6.54 Å². The van der Waals surface area contributed by atoms with E-state index in [9.17, 15) is 14.4 Å². The van der Waals surface area contributed by atoms with Crippen LogP contribution >= 0.6 is 0 Å². The fraction of sp³-hybridized carbons (Fsp3) is 0.500. The van der Waals surface area contributed by atoms with Gasteiger partial charge in [-0.25, -0.2) is 4.79 Å². The molecule has 2 N–H and O–H groups in total. The van der Waals surface area contributed by atoms with Crippen LogP contribution < -0.4 is 15.4 Å². The summed E-state index contributed by atoms with van der Waals surface area (Å²) in [6.45, 7) is 1.58. The van der Waals surface area contributed by atoms with Crippen LogP contribution in [0.1, 0.15) is 18.4 Å². The van der Waals surface area contributed by atoms with E-state index >= 15 is 0 Å². The summed E-state index contributed by atoms with van der Waals surface area (Å²) in [5, 5.41) is 5.36. The molecule has 0 aromatic heterocycles. The van der Waals surface area contributed by atoms with E-state index < -0.39 is 12.1 Å². The quantitative estimate of drug-likeness (QED) is 0.495. The number of carbonyl (C=O) groups excluding carboxylic acids is 3. The fourth-order valence-corrected chi connectivity index (χ4v) is 2.66. The smallest absolute Gasteiger partial charge is 0.325 e.